The molecule has 0 aromatic carbocycles. The van der Waals surface area contributed by atoms with Gasteiger partial charge in [-0.3, -0.25) is 9.13 Å². The standard InChI is InChI=1S/C10H24O6P2S/c1-5-13-17(11,14-6-2)9-19-10-18(12,15-7-3)16-8-4/h5-10H2,1-4H3. The molecular weight excluding hydrogens is 310 g/mol. The van der Waals surface area contributed by atoms with Crippen LogP contribution in [0.25, 0.3) is 0 Å². The first-order valence-corrected chi connectivity index (χ1v) is 10.9. The van der Waals surface area contributed by atoms with Crippen molar-refractivity contribution < 1.29 is 27.2 Å². The Morgan fingerprint density at radius 3 is 1.16 bits per heavy atom. The van der Waals surface area contributed by atoms with Gasteiger partial charge in [0.25, 0.3) is 0 Å². The number of thioether (sulfide) groups is 1. The predicted molar refractivity (Wildman–Crippen MR) is 79.0 cm³/mol. The van der Waals surface area contributed by atoms with Crippen LogP contribution in [0, 0.1) is 0 Å². The van der Waals surface area contributed by atoms with Crippen molar-refractivity contribution >= 4 is 27.0 Å². The molecule has 6 nitrogen and oxygen atoms in total. The molecule has 0 aliphatic rings. The van der Waals surface area contributed by atoms with Crippen LogP contribution in [0.2, 0.25) is 0 Å². The quantitative estimate of drug-likeness (QED) is 0.496. The van der Waals surface area contributed by atoms with Crippen LogP contribution in [0.1, 0.15) is 27.7 Å². The van der Waals surface area contributed by atoms with Gasteiger partial charge in [0.15, 0.2) is 0 Å². The Hall–Kier alpha value is 0.650. The Morgan fingerprint density at radius 2 is 0.947 bits per heavy atom. The van der Waals surface area contributed by atoms with Crippen LogP contribution in [-0.4, -0.2) is 37.4 Å². The van der Waals surface area contributed by atoms with Gasteiger partial charge in [-0.2, -0.15) is 0 Å². The van der Waals surface area contributed by atoms with Gasteiger partial charge in [0.1, 0.15) is 0 Å². The number of hydrogen-bond donors (Lipinski definition) is 0. The molecule has 0 N–H and O–H groups in total. The molecule has 9 heteroatoms. The minimum Gasteiger partial charge on any atom is -0.308 e. The summed E-state index contributed by atoms with van der Waals surface area (Å²) in [5.74, 6) is 0. The number of rotatable bonds is 12. The molecular formula is C10H24O6P2S. The highest BCUT2D eigenvalue weighted by atomic mass is 32.2. The van der Waals surface area contributed by atoms with Crippen molar-refractivity contribution in [1.82, 2.24) is 0 Å². The van der Waals surface area contributed by atoms with E-state index in [0.717, 1.165) is 0 Å². The largest absolute Gasteiger partial charge is 0.340 e. The van der Waals surface area contributed by atoms with E-state index in [1.165, 1.54) is 11.8 Å². The van der Waals surface area contributed by atoms with Gasteiger partial charge in [-0.25, -0.2) is 0 Å². The van der Waals surface area contributed by atoms with Crippen molar-refractivity contribution in [2.75, 3.05) is 37.4 Å². The zero-order valence-electron chi connectivity index (χ0n) is 12.0. The van der Waals surface area contributed by atoms with Gasteiger partial charge < -0.3 is 18.1 Å². The second-order valence-electron chi connectivity index (χ2n) is 3.36. The van der Waals surface area contributed by atoms with Crippen molar-refractivity contribution in [2.24, 2.45) is 0 Å². The molecule has 19 heavy (non-hydrogen) atoms. The van der Waals surface area contributed by atoms with Gasteiger partial charge in [0, 0.05) is 0 Å². The summed E-state index contributed by atoms with van der Waals surface area (Å²) in [5.41, 5.74) is 0.275. The Bertz CT molecular complexity index is 275. The van der Waals surface area contributed by atoms with Crippen molar-refractivity contribution in [1.29, 1.82) is 0 Å². The smallest absolute Gasteiger partial charge is 0.308 e. The van der Waals surface area contributed by atoms with Crippen LogP contribution in [0.4, 0.5) is 0 Å². The van der Waals surface area contributed by atoms with E-state index in [-0.39, 0.29) is 11.0 Å². The molecule has 0 fully saturated rings. The minimum atomic E-state index is -3.11. The fraction of sp³-hybridized carbons (Fsp3) is 1.00. The topological polar surface area (TPSA) is 71.1 Å². The van der Waals surface area contributed by atoms with Gasteiger partial charge >= 0.3 is 15.2 Å². The fourth-order valence-corrected chi connectivity index (χ4v) is 7.04. The highest BCUT2D eigenvalue weighted by molar-refractivity contribution is 8.08. The SMILES string of the molecule is CCOP(=O)(CSCP(=O)(OCC)OCC)OCC. The molecule has 0 saturated heterocycles. The van der Waals surface area contributed by atoms with E-state index in [4.69, 9.17) is 18.1 Å². The highest BCUT2D eigenvalue weighted by Gasteiger charge is 2.28. The molecule has 0 radical (unpaired) electrons. The Morgan fingerprint density at radius 1 is 0.684 bits per heavy atom. The maximum atomic E-state index is 12.2. The van der Waals surface area contributed by atoms with E-state index >= 15 is 0 Å². The molecule has 0 aromatic heterocycles. The van der Waals surface area contributed by atoms with E-state index in [1.54, 1.807) is 27.7 Å². The van der Waals surface area contributed by atoms with Crippen LogP contribution in [-0.2, 0) is 27.2 Å². The zero-order valence-corrected chi connectivity index (χ0v) is 14.6. The second-order valence-corrected chi connectivity index (χ2v) is 9.31. The third-order valence-corrected chi connectivity index (χ3v) is 8.40. The molecule has 0 aliphatic carbocycles. The summed E-state index contributed by atoms with van der Waals surface area (Å²) < 4.78 is 44.9. The Balaban J connectivity index is 4.36. The third-order valence-electron chi connectivity index (χ3n) is 1.80. The summed E-state index contributed by atoms with van der Waals surface area (Å²) in [5, 5.41) is 0. The van der Waals surface area contributed by atoms with Crippen LogP contribution >= 0.6 is 27.0 Å². The molecule has 0 saturated carbocycles. The summed E-state index contributed by atoms with van der Waals surface area (Å²) >= 11 is 1.20. The van der Waals surface area contributed by atoms with Crippen molar-refractivity contribution in [3.05, 3.63) is 0 Å². The summed E-state index contributed by atoms with van der Waals surface area (Å²) in [6.45, 7) is 8.25. The van der Waals surface area contributed by atoms with Gasteiger partial charge in [-0.1, -0.05) is 0 Å². The first-order valence-electron chi connectivity index (χ1n) is 6.29. The van der Waals surface area contributed by atoms with Gasteiger partial charge in [0.2, 0.25) is 0 Å². The van der Waals surface area contributed by atoms with Crippen LogP contribution in [0.5, 0.6) is 0 Å². The van der Waals surface area contributed by atoms with Crippen molar-refractivity contribution in [2.45, 2.75) is 27.7 Å². The van der Waals surface area contributed by atoms with Gasteiger partial charge in [-0.05, 0) is 27.7 Å². The maximum Gasteiger partial charge on any atom is 0.340 e. The van der Waals surface area contributed by atoms with E-state index in [0.29, 0.717) is 26.4 Å². The van der Waals surface area contributed by atoms with Gasteiger partial charge in [0.05, 0.1) is 37.4 Å². The molecule has 0 rings (SSSR count). The molecule has 0 aliphatic heterocycles. The summed E-state index contributed by atoms with van der Waals surface area (Å²) in [4.78, 5) is 0. The first-order chi connectivity index (χ1) is 8.95. The molecule has 0 unspecified atom stereocenters. The molecule has 0 bridgehead atoms. The molecule has 0 atom stereocenters. The average Bonchev–Trinajstić information content (AvgIpc) is 2.29. The maximum absolute atomic E-state index is 12.2. The lowest BCUT2D eigenvalue weighted by molar-refractivity contribution is 0.224. The predicted octanol–water partition coefficient (Wildman–Crippen LogP) is 4.17. The lowest BCUT2D eigenvalue weighted by Crippen LogP contribution is -2.01. The lowest BCUT2D eigenvalue weighted by atomic mass is 10.9. The third kappa shape index (κ3) is 8.51. The summed E-state index contributed by atoms with van der Waals surface area (Å²) in [7, 11) is -6.23. The van der Waals surface area contributed by atoms with E-state index in [2.05, 4.69) is 0 Å². The molecule has 0 amide bonds. The van der Waals surface area contributed by atoms with E-state index < -0.39 is 15.2 Å². The molecule has 0 heterocycles. The summed E-state index contributed by atoms with van der Waals surface area (Å²) in [6.07, 6.45) is 0. The van der Waals surface area contributed by atoms with E-state index in [9.17, 15) is 9.13 Å². The minimum absolute atomic E-state index is 0.138. The normalized spacial score (nSPS) is 12.8. The van der Waals surface area contributed by atoms with Gasteiger partial charge in [-0.15, -0.1) is 11.8 Å². The first kappa shape index (κ1) is 19.7. The zero-order chi connectivity index (χ0) is 14.8. The van der Waals surface area contributed by atoms with Crippen LogP contribution in [0.15, 0.2) is 0 Å². The second kappa shape index (κ2) is 10.4. The van der Waals surface area contributed by atoms with E-state index in [1.807, 2.05) is 0 Å². The molecule has 0 aromatic rings. The Labute approximate surface area is 120 Å². The van der Waals surface area contributed by atoms with Crippen LogP contribution < -0.4 is 0 Å². The Kier molecular flexibility index (Phi) is 10.7. The highest BCUT2D eigenvalue weighted by Crippen LogP contribution is 2.56. The summed E-state index contributed by atoms with van der Waals surface area (Å²) in [6, 6.07) is 0. The number of hydrogen-bond acceptors (Lipinski definition) is 7. The van der Waals surface area contributed by atoms with Crippen LogP contribution in [0.3, 0.4) is 0 Å². The lowest BCUT2D eigenvalue weighted by Gasteiger charge is -2.19. The monoisotopic (exact) mass is 334 g/mol. The molecule has 0 spiro atoms. The van der Waals surface area contributed by atoms with Crippen molar-refractivity contribution in [3.63, 3.8) is 0 Å². The molecule has 116 valence electrons. The fourth-order valence-electron chi connectivity index (χ4n) is 1.27. The van der Waals surface area contributed by atoms with Crippen molar-refractivity contribution in [3.8, 4) is 0 Å². The average molecular weight is 334 g/mol.